The molecule has 3 saturated carbocycles. The van der Waals surface area contributed by atoms with Crippen molar-refractivity contribution in [2.45, 2.75) is 118 Å². The van der Waals surface area contributed by atoms with E-state index in [9.17, 15) is 5.11 Å². The van der Waals surface area contributed by atoms with Gasteiger partial charge in [-0.1, -0.05) is 65.5 Å². The second-order valence-electron chi connectivity index (χ2n) is 12.3. The lowest BCUT2D eigenvalue weighted by molar-refractivity contribution is -0.0682. The first-order chi connectivity index (χ1) is 13.8. The molecule has 4 aliphatic carbocycles. The molecule has 166 valence electrons. The van der Waals surface area contributed by atoms with E-state index in [4.69, 9.17) is 0 Å². The van der Waals surface area contributed by atoms with Crippen LogP contribution in [-0.2, 0) is 0 Å². The highest BCUT2D eigenvalue weighted by Crippen LogP contribution is 2.68. The Morgan fingerprint density at radius 1 is 1.03 bits per heavy atom. The zero-order chi connectivity index (χ0) is 20.8. The summed E-state index contributed by atoms with van der Waals surface area (Å²) >= 11 is 0. The van der Waals surface area contributed by atoms with Gasteiger partial charge in [0.05, 0.1) is 6.10 Å². The van der Waals surface area contributed by atoms with Crippen LogP contribution in [0.25, 0.3) is 0 Å². The van der Waals surface area contributed by atoms with E-state index in [0.29, 0.717) is 10.8 Å². The SMILES string of the molecule is CCC12CCC3C(CC=C4CC(O)CCC43C)C1CCC2C(C)CCCC(C)C. The topological polar surface area (TPSA) is 20.2 Å². The molecular formula is C28H48O. The molecular weight excluding hydrogens is 352 g/mol. The summed E-state index contributed by atoms with van der Waals surface area (Å²) < 4.78 is 0. The number of hydrogen-bond donors (Lipinski definition) is 1. The molecule has 0 aromatic carbocycles. The summed E-state index contributed by atoms with van der Waals surface area (Å²) in [6, 6.07) is 0. The summed E-state index contributed by atoms with van der Waals surface area (Å²) in [5.41, 5.74) is 2.65. The first-order valence-electron chi connectivity index (χ1n) is 13.2. The lowest BCUT2D eigenvalue weighted by Crippen LogP contribution is -2.51. The molecule has 0 aromatic heterocycles. The number of aliphatic hydroxyl groups is 1. The predicted octanol–water partition coefficient (Wildman–Crippen LogP) is 7.78. The number of aliphatic hydroxyl groups excluding tert-OH is 1. The quantitative estimate of drug-likeness (QED) is 0.451. The Bertz CT molecular complexity index is 605. The van der Waals surface area contributed by atoms with Gasteiger partial charge in [-0.05, 0) is 104 Å². The van der Waals surface area contributed by atoms with Crippen LogP contribution in [-0.4, -0.2) is 11.2 Å². The van der Waals surface area contributed by atoms with Gasteiger partial charge >= 0.3 is 0 Å². The monoisotopic (exact) mass is 400 g/mol. The van der Waals surface area contributed by atoms with Gasteiger partial charge in [0.2, 0.25) is 0 Å². The van der Waals surface area contributed by atoms with Crippen molar-refractivity contribution in [3.8, 4) is 0 Å². The summed E-state index contributed by atoms with van der Waals surface area (Å²) in [7, 11) is 0. The van der Waals surface area contributed by atoms with Crippen molar-refractivity contribution in [3.63, 3.8) is 0 Å². The molecule has 0 bridgehead atoms. The van der Waals surface area contributed by atoms with Crippen molar-refractivity contribution < 1.29 is 5.11 Å². The zero-order valence-electron chi connectivity index (χ0n) is 20.1. The fraction of sp³-hybridized carbons (Fsp3) is 0.929. The highest BCUT2D eigenvalue weighted by molar-refractivity contribution is 5.25. The van der Waals surface area contributed by atoms with Crippen LogP contribution < -0.4 is 0 Å². The summed E-state index contributed by atoms with van der Waals surface area (Å²) in [5, 5.41) is 10.2. The van der Waals surface area contributed by atoms with Gasteiger partial charge in [0.1, 0.15) is 0 Å². The Morgan fingerprint density at radius 3 is 2.55 bits per heavy atom. The summed E-state index contributed by atoms with van der Waals surface area (Å²) in [5.74, 6) is 5.50. The Labute approximate surface area is 181 Å². The highest BCUT2D eigenvalue weighted by Gasteiger charge is 2.60. The molecule has 1 N–H and O–H groups in total. The van der Waals surface area contributed by atoms with Gasteiger partial charge in [-0.3, -0.25) is 0 Å². The van der Waals surface area contributed by atoms with Crippen molar-refractivity contribution >= 4 is 0 Å². The Kier molecular flexibility index (Phi) is 6.29. The minimum atomic E-state index is -0.0771. The molecule has 0 aliphatic heterocycles. The zero-order valence-corrected chi connectivity index (χ0v) is 20.1. The minimum absolute atomic E-state index is 0.0771. The van der Waals surface area contributed by atoms with Gasteiger partial charge in [0, 0.05) is 0 Å². The molecule has 0 radical (unpaired) electrons. The second kappa shape index (κ2) is 8.33. The van der Waals surface area contributed by atoms with E-state index in [1.165, 1.54) is 64.2 Å². The summed E-state index contributed by atoms with van der Waals surface area (Å²) in [6.45, 7) is 12.4. The van der Waals surface area contributed by atoms with Crippen molar-refractivity contribution in [2.24, 2.45) is 46.3 Å². The molecule has 4 aliphatic rings. The number of fused-ring (bicyclic) bond motifs is 5. The Balaban J connectivity index is 1.53. The maximum absolute atomic E-state index is 10.2. The number of rotatable bonds is 6. The van der Waals surface area contributed by atoms with Crippen molar-refractivity contribution in [1.29, 1.82) is 0 Å². The van der Waals surface area contributed by atoms with Crippen LogP contribution in [0.1, 0.15) is 112 Å². The average molecular weight is 401 g/mol. The van der Waals surface area contributed by atoms with E-state index in [-0.39, 0.29) is 6.10 Å². The van der Waals surface area contributed by atoms with Crippen LogP contribution in [0.2, 0.25) is 0 Å². The lowest BCUT2D eigenvalue weighted by atomic mass is 9.46. The van der Waals surface area contributed by atoms with E-state index in [0.717, 1.165) is 48.3 Å². The average Bonchev–Trinajstić information content (AvgIpc) is 3.08. The molecule has 0 aromatic rings. The maximum Gasteiger partial charge on any atom is 0.0577 e. The van der Waals surface area contributed by atoms with Gasteiger partial charge in [-0.2, -0.15) is 0 Å². The fourth-order valence-electron chi connectivity index (χ4n) is 9.09. The third kappa shape index (κ3) is 3.66. The van der Waals surface area contributed by atoms with E-state index in [1.54, 1.807) is 5.57 Å². The smallest absolute Gasteiger partial charge is 0.0577 e. The van der Waals surface area contributed by atoms with Crippen molar-refractivity contribution in [1.82, 2.24) is 0 Å². The molecule has 8 atom stereocenters. The van der Waals surface area contributed by atoms with Crippen LogP contribution in [0.3, 0.4) is 0 Å². The first kappa shape index (κ1) is 21.9. The Hall–Kier alpha value is -0.300. The lowest BCUT2D eigenvalue weighted by Gasteiger charge is -2.59. The van der Waals surface area contributed by atoms with Gasteiger partial charge in [0.15, 0.2) is 0 Å². The third-order valence-electron chi connectivity index (χ3n) is 10.6. The fourth-order valence-corrected chi connectivity index (χ4v) is 9.09. The third-order valence-corrected chi connectivity index (χ3v) is 10.6. The second-order valence-corrected chi connectivity index (χ2v) is 12.3. The molecule has 0 amide bonds. The molecule has 29 heavy (non-hydrogen) atoms. The van der Waals surface area contributed by atoms with Crippen molar-refractivity contribution in [3.05, 3.63) is 11.6 Å². The predicted molar refractivity (Wildman–Crippen MR) is 124 cm³/mol. The van der Waals surface area contributed by atoms with Gasteiger partial charge < -0.3 is 5.11 Å². The van der Waals surface area contributed by atoms with Gasteiger partial charge in [0.25, 0.3) is 0 Å². The van der Waals surface area contributed by atoms with E-state index >= 15 is 0 Å². The molecule has 0 spiro atoms. The van der Waals surface area contributed by atoms with E-state index in [1.807, 2.05) is 0 Å². The maximum atomic E-state index is 10.2. The molecule has 1 heteroatoms. The molecule has 0 heterocycles. The molecule has 3 fully saturated rings. The minimum Gasteiger partial charge on any atom is -0.393 e. The highest BCUT2D eigenvalue weighted by atomic mass is 16.3. The van der Waals surface area contributed by atoms with Crippen LogP contribution in [0, 0.1) is 46.3 Å². The van der Waals surface area contributed by atoms with Gasteiger partial charge in [-0.15, -0.1) is 0 Å². The Morgan fingerprint density at radius 2 is 1.83 bits per heavy atom. The number of allylic oxidation sites excluding steroid dienone is 1. The molecule has 4 rings (SSSR count). The summed E-state index contributed by atoms with van der Waals surface area (Å²) in [6.07, 6.45) is 18.7. The van der Waals surface area contributed by atoms with Crippen molar-refractivity contribution in [2.75, 3.05) is 0 Å². The number of hydrogen-bond acceptors (Lipinski definition) is 1. The van der Waals surface area contributed by atoms with Crippen LogP contribution in [0.4, 0.5) is 0 Å². The molecule has 8 unspecified atom stereocenters. The largest absolute Gasteiger partial charge is 0.393 e. The first-order valence-corrected chi connectivity index (χ1v) is 13.2. The van der Waals surface area contributed by atoms with Crippen LogP contribution in [0.5, 0.6) is 0 Å². The normalized spacial score (nSPS) is 45.3. The molecule has 1 nitrogen and oxygen atoms in total. The van der Waals surface area contributed by atoms with E-state index in [2.05, 4.69) is 40.7 Å². The van der Waals surface area contributed by atoms with E-state index < -0.39 is 0 Å². The van der Waals surface area contributed by atoms with Crippen LogP contribution >= 0.6 is 0 Å². The molecule has 0 saturated heterocycles. The van der Waals surface area contributed by atoms with Gasteiger partial charge in [-0.25, -0.2) is 0 Å². The van der Waals surface area contributed by atoms with Crippen LogP contribution in [0.15, 0.2) is 11.6 Å². The summed E-state index contributed by atoms with van der Waals surface area (Å²) in [4.78, 5) is 0. The standard InChI is InChI=1S/C28H48O/c1-6-28-17-15-25-23(11-10-21-18-22(29)14-16-27(21,25)5)26(28)13-12-24(28)20(4)9-7-8-19(2)3/h10,19-20,22-26,29H,6-9,11-18H2,1-5H3.